The zero-order chi connectivity index (χ0) is 33.0. The third-order valence-electron chi connectivity index (χ3n) is 8.99. The van der Waals surface area contributed by atoms with Crippen LogP contribution in [0.5, 0.6) is 0 Å². The summed E-state index contributed by atoms with van der Waals surface area (Å²) in [5.41, 5.74) is 3.27. The third kappa shape index (κ3) is 6.00. The van der Waals surface area contributed by atoms with Gasteiger partial charge < -0.3 is 10.2 Å². The number of anilines is 2. The monoisotopic (exact) mass is 642 g/mol. The normalized spacial score (nSPS) is 22.0. The Morgan fingerprint density at radius 1 is 0.979 bits per heavy atom. The second-order valence-electron chi connectivity index (χ2n) is 12.6. The topological polar surface area (TPSA) is 122 Å². The van der Waals surface area contributed by atoms with E-state index in [1.165, 1.54) is 29.3 Å². The van der Waals surface area contributed by atoms with E-state index in [9.17, 15) is 22.8 Å². The van der Waals surface area contributed by atoms with E-state index in [1.807, 2.05) is 11.8 Å². The first kappa shape index (κ1) is 30.3. The molecule has 3 amide bonds. The van der Waals surface area contributed by atoms with Gasteiger partial charge in [0.1, 0.15) is 41.7 Å². The van der Waals surface area contributed by atoms with Gasteiger partial charge in [0.2, 0.25) is 5.91 Å². The summed E-state index contributed by atoms with van der Waals surface area (Å²) < 4.78 is 42.5. The molecule has 240 valence electrons. The number of nitrogens with zero attached hydrogens (tertiary/aromatic N) is 7. The number of piperidine rings is 1. The van der Waals surface area contributed by atoms with Gasteiger partial charge >= 0.3 is 11.8 Å². The van der Waals surface area contributed by atoms with Crippen molar-refractivity contribution < 1.29 is 22.8 Å². The number of pyridine rings is 3. The number of halogens is 3. The summed E-state index contributed by atoms with van der Waals surface area (Å²) in [6, 6.07) is 9.49. The second-order valence-corrected chi connectivity index (χ2v) is 12.6. The van der Waals surface area contributed by atoms with E-state index in [1.54, 1.807) is 25.2 Å². The van der Waals surface area contributed by atoms with Crippen LogP contribution in [-0.4, -0.2) is 59.6 Å². The molecule has 2 aliphatic heterocycles. The number of urea groups is 1. The van der Waals surface area contributed by atoms with Gasteiger partial charge in [0, 0.05) is 53.8 Å². The molecule has 7 rings (SSSR count). The van der Waals surface area contributed by atoms with Crippen LogP contribution in [0.15, 0.2) is 49.1 Å². The number of carbonyl (C=O) groups excluding carboxylic acids is 2. The Morgan fingerprint density at radius 2 is 1.68 bits per heavy atom. The molecular weight excluding hydrogens is 611 g/mol. The lowest BCUT2D eigenvalue weighted by Gasteiger charge is -2.54. The summed E-state index contributed by atoms with van der Waals surface area (Å²) in [7, 11) is 1.69. The number of aromatic nitrogens is 5. The summed E-state index contributed by atoms with van der Waals surface area (Å²) >= 11 is 0. The predicted molar refractivity (Wildman–Crippen MR) is 168 cm³/mol. The molecule has 11 nitrogen and oxygen atoms in total. The Balaban J connectivity index is 1.15. The van der Waals surface area contributed by atoms with Crippen LogP contribution in [0.25, 0.3) is 27.2 Å². The van der Waals surface area contributed by atoms with E-state index < -0.39 is 30.0 Å². The lowest BCUT2D eigenvalue weighted by atomic mass is 9.74. The number of amides is 3. The van der Waals surface area contributed by atoms with E-state index in [0.29, 0.717) is 45.5 Å². The molecular formula is C33H31F3N9O2+. The lowest BCUT2D eigenvalue weighted by molar-refractivity contribution is -0.119. The van der Waals surface area contributed by atoms with Crippen molar-refractivity contribution in [2.75, 3.05) is 10.6 Å². The van der Waals surface area contributed by atoms with Gasteiger partial charge in [-0.2, -0.15) is 4.85 Å². The van der Waals surface area contributed by atoms with E-state index >= 15 is 0 Å². The molecule has 0 aromatic carbocycles. The maximum atomic E-state index is 14.2. The average Bonchev–Trinajstić information content (AvgIpc) is 3.51. The minimum Gasteiger partial charge on any atom is -0.318 e. The number of fused-ring (bicyclic) bond motifs is 2. The van der Waals surface area contributed by atoms with Gasteiger partial charge in [-0.3, -0.25) is 15.1 Å². The molecule has 2 unspecified atom stereocenters. The van der Waals surface area contributed by atoms with Gasteiger partial charge in [-0.15, -0.1) is 4.68 Å². The molecule has 4 aromatic heterocycles. The Hall–Kier alpha value is -5.32. The molecule has 1 aliphatic carbocycles. The van der Waals surface area contributed by atoms with Crippen molar-refractivity contribution in [3.63, 3.8) is 0 Å². The Morgan fingerprint density at radius 3 is 2.40 bits per heavy atom. The minimum atomic E-state index is -2.98. The lowest BCUT2D eigenvalue weighted by Crippen LogP contribution is -2.63. The smallest absolute Gasteiger partial charge is 0.318 e. The first-order valence-corrected chi connectivity index (χ1v) is 15.3. The van der Waals surface area contributed by atoms with Crippen LogP contribution < -0.4 is 10.6 Å². The highest BCUT2D eigenvalue weighted by molar-refractivity contribution is 5.95. The fourth-order valence-electron chi connectivity index (χ4n) is 6.45. The van der Waals surface area contributed by atoms with Crippen molar-refractivity contribution >= 4 is 29.4 Å². The molecule has 2 saturated heterocycles. The van der Waals surface area contributed by atoms with Crippen LogP contribution in [0, 0.1) is 30.6 Å². The van der Waals surface area contributed by atoms with E-state index in [-0.39, 0.29) is 23.9 Å². The molecule has 14 heteroatoms. The highest BCUT2D eigenvalue weighted by atomic mass is 19.3. The first-order valence-electron chi connectivity index (χ1n) is 15.3. The number of hydrogen-bond donors (Lipinski definition) is 2. The number of hydrogen-bond acceptors (Lipinski definition) is 6. The second kappa shape index (κ2) is 11.5. The average molecular weight is 643 g/mol. The van der Waals surface area contributed by atoms with Crippen molar-refractivity contribution in [1.29, 1.82) is 0 Å². The molecule has 3 fully saturated rings. The number of aryl methyl sites for hydroxylation is 2. The van der Waals surface area contributed by atoms with Crippen molar-refractivity contribution in [2.45, 2.75) is 57.5 Å². The zero-order valence-electron chi connectivity index (χ0n) is 25.8. The Labute approximate surface area is 268 Å². The molecule has 4 aromatic rings. The van der Waals surface area contributed by atoms with E-state index in [0.717, 1.165) is 31.0 Å². The van der Waals surface area contributed by atoms with Gasteiger partial charge in [0.05, 0.1) is 12.3 Å². The molecule has 1 saturated carbocycles. The maximum absolute atomic E-state index is 14.2. The Kier molecular flexibility index (Phi) is 7.41. The fourth-order valence-corrected chi connectivity index (χ4v) is 6.45. The van der Waals surface area contributed by atoms with Crippen molar-refractivity contribution in [3.8, 4) is 28.5 Å². The highest BCUT2D eigenvalue weighted by Crippen LogP contribution is 2.49. The molecule has 2 bridgehead atoms. The number of rotatable bonds is 5. The first-order chi connectivity index (χ1) is 22.4. The van der Waals surface area contributed by atoms with Gasteiger partial charge in [-0.25, -0.2) is 27.9 Å². The van der Waals surface area contributed by atoms with Crippen LogP contribution in [0.1, 0.15) is 43.7 Å². The van der Waals surface area contributed by atoms with E-state index in [2.05, 4.69) is 48.5 Å². The van der Waals surface area contributed by atoms with Crippen LogP contribution >= 0.6 is 0 Å². The van der Waals surface area contributed by atoms with Gasteiger partial charge in [0.25, 0.3) is 5.92 Å². The molecule has 0 spiro atoms. The molecule has 2 N–H and O–H groups in total. The highest BCUT2D eigenvalue weighted by Gasteiger charge is 2.61. The van der Waals surface area contributed by atoms with Crippen LogP contribution in [0.3, 0.4) is 0 Å². The molecule has 3 atom stereocenters. The summed E-state index contributed by atoms with van der Waals surface area (Å²) in [5, 5.41) is 9.90. The van der Waals surface area contributed by atoms with Crippen LogP contribution in [-0.2, 0) is 11.8 Å². The summed E-state index contributed by atoms with van der Waals surface area (Å²) in [4.78, 5) is 44.3. The van der Waals surface area contributed by atoms with Gasteiger partial charge in [-0.1, -0.05) is 12.0 Å². The standard InChI is InChI=1S/C33H30F3N9O2/c1-17-4-22-7-23(5-17)45(22)32(47)42-29-9-25(19-6-21(34)16-37-13-19)20(14-39-29)15-40-30-10-27(43-44(30)3)24-8-28(38-12-18(24)2)41-31(46)26-11-33(26,35)36/h6,8-10,12-14,16-17,22-23,26H,4-5,7,11H2,1-3H3,(H,38,41,46)/p+1/t17?,22?,23?,26-/m0/s1. The molecule has 0 radical (unpaired) electrons. The SMILES string of the molecule is Cc1cnc(NC(=O)[C@@H]2CC2(F)F)cc1-c1cc([N+]#Cc2cnc(NC(=O)N3C4CC(C)CC3C4)cc2-c2cncc(F)c2)n(C)n1. The Bertz CT molecular complexity index is 1970. The number of carbonyl (C=O) groups is 2. The van der Waals surface area contributed by atoms with E-state index in [4.69, 9.17) is 0 Å². The minimum absolute atomic E-state index is 0.138. The van der Waals surface area contributed by atoms with Gasteiger partial charge in [0.15, 0.2) is 6.07 Å². The third-order valence-corrected chi connectivity index (χ3v) is 8.99. The van der Waals surface area contributed by atoms with Crippen molar-refractivity contribution in [3.05, 3.63) is 70.8 Å². The quantitative estimate of drug-likeness (QED) is 0.260. The molecule has 3 aliphatic rings. The molecule has 6 heterocycles. The number of alkyl halides is 2. The molecule has 47 heavy (non-hydrogen) atoms. The fraction of sp³-hybridized carbons (Fsp3) is 0.364. The van der Waals surface area contributed by atoms with Gasteiger partial charge in [-0.05, 0) is 55.9 Å². The largest absolute Gasteiger partial charge is 0.408 e. The van der Waals surface area contributed by atoms with Crippen molar-refractivity contribution in [1.82, 2.24) is 29.6 Å². The van der Waals surface area contributed by atoms with Crippen LogP contribution in [0.4, 0.5) is 35.4 Å². The maximum Gasteiger partial charge on any atom is 0.408 e. The zero-order valence-corrected chi connectivity index (χ0v) is 25.8. The van der Waals surface area contributed by atoms with Crippen LogP contribution in [0.2, 0.25) is 0 Å². The van der Waals surface area contributed by atoms with Crippen molar-refractivity contribution in [2.24, 2.45) is 18.9 Å². The summed E-state index contributed by atoms with van der Waals surface area (Å²) in [6.45, 7) is 4.02. The summed E-state index contributed by atoms with van der Waals surface area (Å²) in [6.07, 6.45) is 8.15. The number of nitrogens with one attached hydrogen (secondary N) is 2. The summed E-state index contributed by atoms with van der Waals surface area (Å²) in [5.74, 6) is -4.18. The predicted octanol–water partition coefficient (Wildman–Crippen LogP) is 6.40.